The van der Waals surface area contributed by atoms with Crippen molar-refractivity contribution >= 4 is 21.7 Å². The first-order valence-corrected chi connectivity index (χ1v) is 5.16. The van der Waals surface area contributed by atoms with Gasteiger partial charge < -0.3 is 9.84 Å². The highest BCUT2D eigenvalue weighted by atomic mass is 79.9. The van der Waals surface area contributed by atoms with Crippen molar-refractivity contribution in [2.24, 2.45) is 0 Å². The molecule has 2 aromatic heterocycles. The Bertz CT molecular complexity index is 443. The van der Waals surface area contributed by atoms with Crippen molar-refractivity contribution in [3.8, 4) is 0 Å². The number of anilines is 1. The Morgan fingerprint density at radius 1 is 1.47 bits per heavy atom. The number of halogens is 1. The van der Waals surface area contributed by atoms with Crippen LogP contribution < -0.4 is 5.32 Å². The van der Waals surface area contributed by atoms with Gasteiger partial charge in [0.15, 0.2) is 5.82 Å². The summed E-state index contributed by atoms with van der Waals surface area (Å²) in [5.41, 5.74) is 1.13. The fourth-order valence-corrected chi connectivity index (χ4v) is 1.29. The van der Waals surface area contributed by atoms with Crippen LogP contribution in [0.1, 0.15) is 11.4 Å². The molecule has 15 heavy (non-hydrogen) atoms. The molecule has 78 valence electrons. The normalized spacial score (nSPS) is 10.3. The second-order valence-corrected chi connectivity index (χ2v) is 3.87. The third-order valence-electron chi connectivity index (χ3n) is 1.88. The van der Waals surface area contributed by atoms with Gasteiger partial charge in [-0.3, -0.25) is 0 Å². The Morgan fingerprint density at radius 3 is 3.00 bits per heavy atom. The molecule has 0 saturated heterocycles. The molecule has 0 aliphatic heterocycles. The van der Waals surface area contributed by atoms with Gasteiger partial charge in [0.05, 0.1) is 6.54 Å². The summed E-state index contributed by atoms with van der Waals surface area (Å²) in [6.07, 6.45) is 3.06. The lowest BCUT2D eigenvalue weighted by molar-refractivity contribution is 0.411. The highest BCUT2D eigenvalue weighted by Gasteiger charge is 2.01. The summed E-state index contributed by atoms with van der Waals surface area (Å²) in [6, 6.07) is 1.95. The van der Waals surface area contributed by atoms with Crippen molar-refractivity contribution in [1.29, 1.82) is 0 Å². The van der Waals surface area contributed by atoms with E-state index in [-0.39, 0.29) is 0 Å². The predicted molar refractivity (Wildman–Crippen MR) is 58.3 cm³/mol. The van der Waals surface area contributed by atoms with E-state index in [1.807, 2.05) is 13.0 Å². The van der Waals surface area contributed by atoms with E-state index in [9.17, 15) is 0 Å². The number of nitrogens with one attached hydrogen (secondary N) is 1. The van der Waals surface area contributed by atoms with Crippen LogP contribution in [0.3, 0.4) is 0 Å². The average Bonchev–Trinajstić information content (AvgIpc) is 2.73. The first-order valence-electron chi connectivity index (χ1n) is 4.37. The molecule has 0 aliphatic rings. The zero-order chi connectivity index (χ0) is 10.7. The molecule has 0 atom stereocenters. The van der Waals surface area contributed by atoms with Crippen molar-refractivity contribution in [3.05, 3.63) is 34.5 Å². The summed E-state index contributed by atoms with van der Waals surface area (Å²) in [7, 11) is 0. The fourth-order valence-electron chi connectivity index (χ4n) is 1.08. The van der Waals surface area contributed by atoms with Crippen LogP contribution in [0, 0.1) is 6.92 Å². The molecule has 0 amide bonds. The highest BCUT2D eigenvalue weighted by molar-refractivity contribution is 9.10. The third-order valence-corrected chi connectivity index (χ3v) is 2.71. The lowest BCUT2D eigenvalue weighted by Crippen LogP contribution is -2.03. The van der Waals surface area contributed by atoms with Crippen LogP contribution >= 0.6 is 15.9 Å². The van der Waals surface area contributed by atoms with Crippen molar-refractivity contribution in [2.45, 2.75) is 13.5 Å². The van der Waals surface area contributed by atoms with Crippen molar-refractivity contribution < 1.29 is 4.52 Å². The van der Waals surface area contributed by atoms with Gasteiger partial charge in [-0.1, -0.05) is 5.16 Å². The van der Waals surface area contributed by atoms with Gasteiger partial charge >= 0.3 is 0 Å². The second kappa shape index (κ2) is 4.39. The van der Waals surface area contributed by atoms with E-state index in [2.05, 4.69) is 40.9 Å². The number of pyridine rings is 1. The molecule has 1 N–H and O–H groups in total. The molecule has 2 aromatic rings. The average molecular weight is 269 g/mol. The molecule has 0 saturated carbocycles. The highest BCUT2D eigenvalue weighted by Crippen LogP contribution is 2.17. The van der Waals surface area contributed by atoms with E-state index < -0.39 is 0 Å². The Balaban J connectivity index is 2.02. The van der Waals surface area contributed by atoms with E-state index in [1.165, 1.54) is 6.39 Å². The molecule has 0 bridgehead atoms. The molecule has 5 nitrogen and oxygen atoms in total. The Kier molecular flexibility index (Phi) is 2.96. The van der Waals surface area contributed by atoms with E-state index in [0.717, 1.165) is 15.9 Å². The molecule has 0 unspecified atom stereocenters. The molecule has 2 heterocycles. The summed E-state index contributed by atoms with van der Waals surface area (Å²) in [5.74, 6) is 1.40. The minimum atomic E-state index is 0.505. The van der Waals surface area contributed by atoms with Crippen LogP contribution in [0.2, 0.25) is 0 Å². The number of hydrogen-bond acceptors (Lipinski definition) is 5. The van der Waals surface area contributed by atoms with E-state index in [1.54, 1.807) is 6.20 Å². The van der Waals surface area contributed by atoms with Crippen LogP contribution in [0.5, 0.6) is 0 Å². The monoisotopic (exact) mass is 268 g/mol. The SMILES string of the molecule is Cc1cc(NCc2ncon2)ncc1Br. The maximum Gasteiger partial charge on any atom is 0.213 e. The zero-order valence-corrected chi connectivity index (χ0v) is 9.65. The van der Waals surface area contributed by atoms with E-state index >= 15 is 0 Å². The molecule has 2 rings (SSSR count). The largest absolute Gasteiger partial charge is 0.363 e. The van der Waals surface area contributed by atoms with Gasteiger partial charge in [-0.25, -0.2) is 4.98 Å². The van der Waals surface area contributed by atoms with Crippen LogP contribution in [0.4, 0.5) is 5.82 Å². The minimum Gasteiger partial charge on any atom is -0.363 e. The molecule has 0 fully saturated rings. The van der Waals surface area contributed by atoms with Gasteiger partial charge in [0, 0.05) is 10.7 Å². The molecule has 6 heteroatoms. The Hall–Kier alpha value is -1.43. The van der Waals surface area contributed by atoms with Gasteiger partial charge in [0.25, 0.3) is 0 Å². The van der Waals surface area contributed by atoms with Gasteiger partial charge in [-0.05, 0) is 34.5 Å². The summed E-state index contributed by atoms with van der Waals surface area (Å²) in [5, 5.41) is 6.78. The Labute approximate surface area is 95.0 Å². The standard InChI is InChI=1S/C9H9BrN4O/c1-6-2-8(11-3-7(6)10)12-4-9-13-5-15-14-9/h2-3,5H,4H2,1H3,(H,11,12). The molecular weight excluding hydrogens is 260 g/mol. The van der Waals surface area contributed by atoms with E-state index in [4.69, 9.17) is 0 Å². The first-order chi connectivity index (χ1) is 7.25. The zero-order valence-electron chi connectivity index (χ0n) is 8.07. The van der Waals surface area contributed by atoms with Crippen molar-refractivity contribution in [2.75, 3.05) is 5.32 Å². The quantitative estimate of drug-likeness (QED) is 0.924. The maximum atomic E-state index is 4.62. The maximum absolute atomic E-state index is 4.62. The predicted octanol–water partition coefficient (Wildman–Crippen LogP) is 2.15. The number of nitrogens with zero attached hydrogens (tertiary/aromatic N) is 3. The molecule has 0 radical (unpaired) electrons. The molecular formula is C9H9BrN4O. The topological polar surface area (TPSA) is 63.8 Å². The molecule has 0 aromatic carbocycles. The molecule has 0 spiro atoms. The van der Waals surface area contributed by atoms with Crippen LogP contribution in [0.15, 0.2) is 27.7 Å². The lowest BCUT2D eigenvalue weighted by atomic mass is 10.3. The number of aryl methyl sites for hydroxylation is 1. The van der Waals surface area contributed by atoms with Crippen LogP contribution in [0.25, 0.3) is 0 Å². The first kappa shape index (κ1) is 10.1. The van der Waals surface area contributed by atoms with Crippen molar-refractivity contribution in [1.82, 2.24) is 15.1 Å². The third kappa shape index (κ3) is 2.53. The Morgan fingerprint density at radius 2 is 2.33 bits per heavy atom. The van der Waals surface area contributed by atoms with Gasteiger partial charge in [-0.2, -0.15) is 4.98 Å². The van der Waals surface area contributed by atoms with Gasteiger partial charge in [-0.15, -0.1) is 0 Å². The van der Waals surface area contributed by atoms with E-state index in [0.29, 0.717) is 12.4 Å². The summed E-state index contributed by atoms with van der Waals surface area (Å²) in [6.45, 7) is 2.51. The number of rotatable bonds is 3. The number of hydrogen-bond donors (Lipinski definition) is 1. The summed E-state index contributed by atoms with van der Waals surface area (Å²) >= 11 is 3.39. The van der Waals surface area contributed by atoms with Gasteiger partial charge in [0.2, 0.25) is 6.39 Å². The van der Waals surface area contributed by atoms with Crippen molar-refractivity contribution in [3.63, 3.8) is 0 Å². The minimum absolute atomic E-state index is 0.505. The fraction of sp³-hybridized carbons (Fsp3) is 0.222. The number of aromatic nitrogens is 3. The smallest absolute Gasteiger partial charge is 0.213 e. The lowest BCUT2D eigenvalue weighted by Gasteiger charge is -2.04. The van der Waals surface area contributed by atoms with Crippen LogP contribution in [-0.2, 0) is 6.54 Å². The van der Waals surface area contributed by atoms with Crippen LogP contribution in [-0.4, -0.2) is 15.1 Å². The summed E-state index contributed by atoms with van der Waals surface area (Å²) in [4.78, 5) is 8.09. The summed E-state index contributed by atoms with van der Waals surface area (Å²) < 4.78 is 5.61. The van der Waals surface area contributed by atoms with Gasteiger partial charge in [0.1, 0.15) is 5.82 Å². The second-order valence-electron chi connectivity index (χ2n) is 3.02. The molecule has 0 aliphatic carbocycles.